The number of ketones is 1. The number of carbonyl (C=O) groups excluding carboxylic acids is 1. The van der Waals surface area contributed by atoms with Gasteiger partial charge in [0.05, 0.1) is 0 Å². The maximum absolute atomic E-state index is 12.6. The monoisotopic (exact) mass is 310 g/mol. The minimum absolute atomic E-state index is 0.174. The summed E-state index contributed by atoms with van der Waals surface area (Å²) in [7, 11) is 0. The third-order valence-electron chi connectivity index (χ3n) is 4.16. The number of rotatable bonds is 3. The predicted molar refractivity (Wildman–Crippen MR) is 86.3 cm³/mol. The third kappa shape index (κ3) is 2.25. The summed E-state index contributed by atoms with van der Waals surface area (Å²) in [6.07, 6.45) is 0. The van der Waals surface area contributed by atoms with E-state index in [1.807, 2.05) is 6.07 Å². The molecule has 1 atom stereocenters. The highest BCUT2D eigenvalue weighted by atomic mass is 16.6. The number of amidine groups is 1. The Hall–Kier alpha value is -2.50. The Balaban J connectivity index is 2.05. The van der Waals surface area contributed by atoms with Crippen molar-refractivity contribution in [2.45, 2.75) is 25.1 Å². The molecule has 5 nitrogen and oxygen atoms in total. The van der Waals surface area contributed by atoms with Crippen LogP contribution in [0.15, 0.2) is 65.7 Å². The van der Waals surface area contributed by atoms with Gasteiger partial charge in [-0.15, -0.1) is 0 Å². The Morgan fingerprint density at radius 3 is 2.09 bits per heavy atom. The maximum Gasteiger partial charge on any atom is 0.230 e. The van der Waals surface area contributed by atoms with E-state index in [0.29, 0.717) is 16.2 Å². The number of hydrogen-bond acceptors (Lipinski definition) is 5. The highest BCUT2D eigenvalue weighted by Crippen LogP contribution is 2.43. The molecule has 2 aromatic carbocycles. The summed E-state index contributed by atoms with van der Waals surface area (Å²) in [6, 6.07) is 17.3. The summed E-state index contributed by atoms with van der Waals surface area (Å²) in [5, 5.41) is 22.3. The highest BCUT2D eigenvalue weighted by Gasteiger charge is 2.57. The number of hydrogen-bond donors (Lipinski definition) is 2. The molecule has 5 heteroatoms. The summed E-state index contributed by atoms with van der Waals surface area (Å²) in [5.41, 5.74) is -2.04. The largest absolute Gasteiger partial charge is 0.363 e. The molecular formula is C18H18N2O3. The van der Waals surface area contributed by atoms with Crippen LogP contribution in [0.3, 0.4) is 0 Å². The smallest absolute Gasteiger partial charge is 0.230 e. The van der Waals surface area contributed by atoms with Crippen molar-refractivity contribution in [3.8, 4) is 0 Å². The van der Waals surface area contributed by atoms with Gasteiger partial charge in [0.2, 0.25) is 17.3 Å². The van der Waals surface area contributed by atoms with Crippen LogP contribution in [0.1, 0.15) is 29.8 Å². The molecular weight excluding hydrogens is 292 g/mol. The minimum atomic E-state index is -1.81. The summed E-state index contributed by atoms with van der Waals surface area (Å²) in [4.78, 5) is 16.9. The normalized spacial score (nSPS) is 22.8. The molecule has 118 valence electrons. The van der Waals surface area contributed by atoms with Gasteiger partial charge >= 0.3 is 0 Å². The quantitative estimate of drug-likeness (QED) is 0.855. The lowest BCUT2D eigenvalue weighted by Crippen LogP contribution is -2.54. The average Bonchev–Trinajstić information content (AvgIpc) is 2.77. The second-order valence-electron chi connectivity index (χ2n) is 6.04. The van der Waals surface area contributed by atoms with Gasteiger partial charge in [-0.05, 0) is 13.8 Å². The molecule has 0 amide bonds. The first-order valence-electron chi connectivity index (χ1n) is 7.34. The number of Topliss-reactive ketones (excluding diaryl/α,β-unsaturated/α-hetero) is 1. The van der Waals surface area contributed by atoms with Crippen molar-refractivity contribution in [3.63, 3.8) is 0 Å². The summed E-state index contributed by atoms with van der Waals surface area (Å²) in [5.74, 6) is -0.611. The average molecular weight is 310 g/mol. The van der Waals surface area contributed by atoms with Gasteiger partial charge in [0.25, 0.3) is 0 Å². The van der Waals surface area contributed by atoms with Crippen molar-refractivity contribution in [1.82, 2.24) is 5.06 Å². The van der Waals surface area contributed by atoms with Crippen LogP contribution in [-0.2, 0) is 5.72 Å². The molecule has 1 aliphatic heterocycles. The topological polar surface area (TPSA) is 73.1 Å². The molecule has 2 N–H and O–H groups in total. The molecule has 0 saturated heterocycles. The van der Waals surface area contributed by atoms with Gasteiger partial charge in [-0.25, -0.2) is 0 Å². The first-order chi connectivity index (χ1) is 10.9. The number of benzene rings is 2. The van der Waals surface area contributed by atoms with Gasteiger partial charge in [-0.1, -0.05) is 60.7 Å². The van der Waals surface area contributed by atoms with E-state index < -0.39 is 17.0 Å². The molecule has 0 bridgehead atoms. The third-order valence-corrected chi connectivity index (χ3v) is 4.16. The van der Waals surface area contributed by atoms with Gasteiger partial charge < -0.3 is 5.11 Å². The first kappa shape index (κ1) is 15.4. The van der Waals surface area contributed by atoms with Crippen molar-refractivity contribution in [3.05, 3.63) is 71.8 Å². The van der Waals surface area contributed by atoms with Crippen molar-refractivity contribution in [2.24, 2.45) is 4.99 Å². The predicted octanol–water partition coefficient (Wildman–Crippen LogP) is 2.60. The van der Waals surface area contributed by atoms with Crippen LogP contribution in [-0.4, -0.2) is 32.5 Å². The van der Waals surface area contributed by atoms with Gasteiger partial charge in [-0.3, -0.25) is 15.0 Å². The van der Waals surface area contributed by atoms with Crippen LogP contribution in [0.5, 0.6) is 0 Å². The zero-order valence-corrected chi connectivity index (χ0v) is 13.0. The van der Waals surface area contributed by atoms with Crippen molar-refractivity contribution < 1.29 is 15.1 Å². The Morgan fingerprint density at radius 1 is 1.00 bits per heavy atom. The Labute approximate surface area is 134 Å². The molecule has 1 aliphatic rings. The number of aliphatic hydroxyl groups is 1. The van der Waals surface area contributed by atoms with Crippen LogP contribution in [0.4, 0.5) is 0 Å². The minimum Gasteiger partial charge on any atom is -0.363 e. The van der Waals surface area contributed by atoms with E-state index in [9.17, 15) is 15.1 Å². The number of aliphatic imine (C=N–C) groups is 1. The fourth-order valence-corrected chi connectivity index (χ4v) is 2.81. The van der Waals surface area contributed by atoms with E-state index in [2.05, 4.69) is 4.99 Å². The van der Waals surface area contributed by atoms with Crippen molar-refractivity contribution in [2.75, 3.05) is 0 Å². The molecule has 23 heavy (non-hydrogen) atoms. The Bertz CT molecular complexity index is 756. The molecule has 0 spiro atoms. The molecule has 0 saturated carbocycles. The molecule has 0 aromatic heterocycles. The molecule has 2 aromatic rings. The highest BCUT2D eigenvalue weighted by molar-refractivity contribution is 6.45. The second kappa shape index (κ2) is 5.30. The lowest BCUT2D eigenvalue weighted by molar-refractivity contribution is -0.233. The number of hydroxylamine groups is 2. The van der Waals surface area contributed by atoms with E-state index in [1.54, 1.807) is 68.4 Å². The van der Waals surface area contributed by atoms with E-state index in [0.717, 1.165) is 0 Å². The van der Waals surface area contributed by atoms with Crippen LogP contribution in [0.2, 0.25) is 0 Å². The van der Waals surface area contributed by atoms with Gasteiger partial charge in [0.15, 0.2) is 0 Å². The zero-order chi connectivity index (χ0) is 16.7. The lowest BCUT2D eigenvalue weighted by atomic mass is 9.86. The fourth-order valence-electron chi connectivity index (χ4n) is 2.81. The molecule has 3 rings (SSSR count). The van der Waals surface area contributed by atoms with Crippen LogP contribution in [0.25, 0.3) is 0 Å². The first-order valence-corrected chi connectivity index (χ1v) is 7.34. The van der Waals surface area contributed by atoms with Gasteiger partial charge in [0.1, 0.15) is 5.54 Å². The van der Waals surface area contributed by atoms with Crippen LogP contribution < -0.4 is 0 Å². The van der Waals surface area contributed by atoms with E-state index in [4.69, 9.17) is 0 Å². The van der Waals surface area contributed by atoms with Crippen LogP contribution in [0, 0.1) is 0 Å². The fraction of sp³-hybridized carbons (Fsp3) is 0.222. The second-order valence-corrected chi connectivity index (χ2v) is 6.04. The molecule has 0 aliphatic carbocycles. The summed E-state index contributed by atoms with van der Waals surface area (Å²) < 4.78 is 0. The van der Waals surface area contributed by atoms with Gasteiger partial charge in [-0.2, -0.15) is 5.06 Å². The number of nitrogens with zero attached hydrogens (tertiary/aromatic N) is 2. The van der Waals surface area contributed by atoms with E-state index in [-0.39, 0.29) is 5.84 Å². The van der Waals surface area contributed by atoms with Crippen molar-refractivity contribution in [1.29, 1.82) is 0 Å². The van der Waals surface area contributed by atoms with Crippen LogP contribution >= 0.6 is 0 Å². The summed E-state index contributed by atoms with van der Waals surface area (Å²) in [6.45, 7) is 3.35. The molecule has 0 fully saturated rings. The summed E-state index contributed by atoms with van der Waals surface area (Å²) >= 11 is 0. The SMILES string of the molecule is CC1(C)N=C(C(=O)c2ccccc2)N(O)[C@]1(O)c1ccccc1. The standard InChI is InChI=1S/C18H18N2O3/c1-17(2)18(22,14-11-7-4-8-12-14)20(23)16(19-17)15(21)13-9-5-3-6-10-13/h3-12,22-23H,1-2H3/t18-/m0/s1. The maximum atomic E-state index is 12.6. The Morgan fingerprint density at radius 2 is 1.52 bits per heavy atom. The molecule has 1 heterocycles. The number of carbonyl (C=O) groups is 1. The van der Waals surface area contributed by atoms with Crippen molar-refractivity contribution >= 4 is 11.6 Å². The molecule has 0 unspecified atom stereocenters. The zero-order valence-electron chi connectivity index (χ0n) is 13.0. The van der Waals surface area contributed by atoms with E-state index in [1.165, 1.54) is 0 Å². The molecule has 0 radical (unpaired) electrons. The van der Waals surface area contributed by atoms with E-state index >= 15 is 0 Å². The Kier molecular flexibility index (Phi) is 3.55. The van der Waals surface area contributed by atoms with Gasteiger partial charge in [0, 0.05) is 11.1 Å². The lowest BCUT2D eigenvalue weighted by Gasteiger charge is -2.38.